The minimum Gasteiger partial charge on any atom is -0.351 e. The fourth-order valence-corrected chi connectivity index (χ4v) is 2.74. The van der Waals surface area contributed by atoms with E-state index in [2.05, 4.69) is 10.6 Å². The number of likely N-dealkylation sites (N-methyl/N-ethyl adjacent to an activating group) is 1. The molecule has 26 heavy (non-hydrogen) atoms. The molecule has 2 amide bonds. The fraction of sp³-hybridized carbons (Fsp3) is 0.300. The number of nitrogens with one attached hydrogen (secondary N) is 3. The van der Waals surface area contributed by atoms with Gasteiger partial charge < -0.3 is 15.5 Å². The highest BCUT2D eigenvalue weighted by molar-refractivity contribution is 5.94. The van der Waals surface area contributed by atoms with E-state index in [1.165, 1.54) is 24.3 Å². The Hall–Kier alpha value is -2.73. The molecule has 0 radical (unpaired) electrons. The number of anilines is 1. The summed E-state index contributed by atoms with van der Waals surface area (Å²) in [6.07, 6.45) is 0.859. The monoisotopic (exact) mass is 358 g/mol. The van der Waals surface area contributed by atoms with E-state index in [0.717, 1.165) is 16.9 Å². The van der Waals surface area contributed by atoms with Gasteiger partial charge in [0.25, 0.3) is 11.8 Å². The molecule has 0 fully saturated rings. The molecule has 0 bridgehead atoms. The molecule has 0 aromatic heterocycles. The first-order chi connectivity index (χ1) is 12.5. The van der Waals surface area contributed by atoms with Crippen molar-refractivity contribution >= 4 is 17.5 Å². The number of quaternary nitrogens is 1. The van der Waals surface area contributed by atoms with Crippen LogP contribution in [0, 0.1) is 5.82 Å². The summed E-state index contributed by atoms with van der Waals surface area (Å²) in [7, 11) is 1.81. The summed E-state index contributed by atoms with van der Waals surface area (Å²) in [4.78, 5) is 25.7. The highest BCUT2D eigenvalue weighted by atomic mass is 19.1. The molecule has 3 N–H and O–H groups in total. The third-order valence-corrected chi connectivity index (χ3v) is 4.01. The zero-order chi connectivity index (χ0) is 18.9. The summed E-state index contributed by atoms with van der Waals surface area (Å²) >= 11 is 0. The maximum absolute atomic E-state index is 13.1. The molecular formula is C20H25FN3O2+. The molecule has 2 aromatic rings. The summed E-state index contributed by atoms with van der Waals surface area (Å²) < 4.78 is 13.1. The quantitative estimate of drug-likeness (QED) is 0.670. The molecular weight excluding hydrogens is 333 g/mol. The molecule has 0 saturated heterocycles. The van der Waals surface area contributed by atoms with Crippen molar-refractivity contribution in [2.75, 3.05) is 25.5 Å². The third-order valence-electron chi connectivity index (χ3n) is 4.01. The third kappa shape index (κ3) is 5.67. The summed E-state index contributed by atoms with van der Waals surface area (Å²) in [5.41, 5.74) is 1.33. The number of halogens is 1. The van der Waals surface area contributed by atoms with Gasteiger partial charge in [-0.15, -0.1) is 0 Å². The Morgan fingerprint density at radius 1 is 1.08 bits per heavy atom. The minimum absolute atomic E-state index is 0.0973. The van der Waals surface area contributed by atoms with Gasteiger partial charge in [0.2, 0.25) is 0 Å². The van der Waals surface area contributed by atoms with Crippen LogP contribution in [0.15, 0.2) is 54.6 Å². The Morgan fingerprint density at radius 3 is 2.35 bits per heavy atom. The second kappa shape index (κ2) is 9.68. The minimum atomic E-state index is -0.561. The lowest BCUT2D eigenvalue weighted by atomic mass is 10.0. The number of hydrogen-bond acceptors (Lipinski definition) is 2. The van der Waals surface area contributed by atoms with E-state index in [9.17, 15) is 14.0 Å². The van der Waals surface area contributed by atoms with E-state index in [4.69, 9.17) is 0 Å². The number of hydrogen-bond donors (Lipinski definition) is 3. The molecule has 2 rings (SSSR count). The number of benzene rings is 2. The average Bonchev–Trinajstić information content (AvgIpc) is 2.63. The molecule has 5 nitrogen and oxygen atoms in total. The van der Waals surface area contributed by atoms with Crippen LogP contribution in [0.25, 0.3) is 0 Å². The van der Waals surface area contributed by atoms with Crippen LogP contribution in [0.1, 0.15) is 24.9 Å². The van der Waals surface area contributed by atoms with Crippen LogP contribution in [0.5, 0.6) is 0 Å². The first-order valence-corrected chi connectivity index (χ1v) is 8.71. The fourth-order valence-electron chi connectivity index (χ4n) is 2.74. The molecule has 0 spiro atoms. The van der Waals surface area contributed by atoms with E-state index in [-0.39, 0.29) is 24.2 Å². The smallest absolute Gasteiger partial charge is 0.287 e. The lowest BCUT2D eigenvalue weighted by molar-refractivity contribution is -0.894. The van der Waals surface area contributed by atoms with E-state index >= 15 is 0 Å². The van der Waals surface area contributed by atoms with Crippen molar-refractivity contribution in [3.63, 3.8) is 0 Å². The van der Waals surface area contributed by atoms with Gasteiger partial charge in [-0.3, -0.25) is 9.59 Å². The van der Waals surface area contributed by atoms with Crippen LogP contribution in [-0.2, 0) is 9.59 Å². The van der Waals surface area contributed by atoms with Gasteiger partial charge in [-0.1, -0.05) is 37.3 Å². The maximum atomic E-state index is 13.1. The van der Waals surface area contributed by atoms with Crippen molar-refractivity contribution in [2.45, 2.75) is 19.4 Å². The molecule has 0 heterocycles. The number of carbonyl (C=O) groups excluding carboxylic acids is 2. The Bertz CT molecular complexity index is 720. The lowest BCUT2D eigenvalue weighted by Crippen LogP contribution is -3.11. The second-order valence-corrected chi connectivity index (χ2v) is 6.21. The molecule has 0 saturated carbocycles. The Kier molecular flexibility index (Phi) is 7.29. The van der Waals surface area contributed by atoms with E-state index in [1.807, 2.05) is 44.3 Å². The molecule has 1 unspecified atom stereocenters. The summed E-state index contributed by atoms with van der Waals surface area (Å²) in [5, 5.41) is 5.64. The van der Waals surface area contributed by atoms with Gasteiger partial charge in [0.15, 0.2) is 12.6 Å². The zero-order valence-electron chi connectivity index (χ0n) is 15.1. The largest absolute Gasteiger partial charge is 0.351 e. The lowest BCUT2D eigenvalue weighted by Gasteiger charge is -2.24. The maximum Gasteiger partial charge on any atom is 0.287 e. The van der Waals surface area contributed by atoms with Gasteiger partial charge in [-0.2, -0.15) is 0 Å². The van der Waals surface area contributed by atoms with Crippen LogP contribution >= 0.6 is 0 Å². The van der Waals surface area contributed by atoms with Crippen molar-refractivity contribution in [1.29, 1.82) is 0 Å². The topological polar surface area (TPSA) is 62.6 Å². The summed E-state index contributed by atoms with van der Waals surface area (Å²) in [6.45, 7) is 2.78. The second-order valence-electron chi connectivity index (χ2n) is 6.21. The predicted octanol–water partition coefficient (Wildman–Crippen LogP) is 1.55. The molecule has 0 aliphatic carbocycles. The number of carbonyl (C=O) groups is 2. The molecule has 138 valence electrons. The molecule has 0 aliphatic rings. The van der Waals surface area contributed by atoms with E-state index < -0.39 is 6.04 Å². The van der Waals surface area contributed by atoms with Crippen molar-refractivity contribution in [3.05, 3.63) is 66.0 Å². The van der Waals surface area contributed by atoms with Crippen LogP contribution in [-0.4, -0.2) is 32.0 Å². The molecule has 2 atom stereocenters. The summed E-state index contributed by atoms with van der Waals surface area (Å²) in [6, 6.07) is 14.4. The van der Waals surface area contributed by atoms with E-state index in [0.29, 0.717) is 12.2 Å². The zero-order valence-corrected chi connectivity index (χ0v) is 15.1. The van der Waals surface area contributed by atoms with Crippen LogP contribution < -0.4 is 15.5 Å². The van der Waals surface area contributed by atoms with E-state index in [1.54, 1.807) is 0 Å². The molecule has 6 heteroatoms. The number of amides is 2. The van der Waals surface area contributed by atoms with Gasteiger partial charge in [0, 0.05) is 17.8 Å². The van der Waals surface area contributed by atoms with Gasteiger partial charge in [0.05, 0.1) is 7.05 Å². The average molecular weight is 358 g/mol. The molecule has 0 aliphatic heterocycles. The van der Waals surface area contributed by atoms with Crippen molar-refractivity contribution in [2.24, 2.45) is 0 Å². The van der Waals surface area contributed by atoms with Gasteiger partial charge in [-0.25, -0.2) is 4.39 Å². The van der Waals surface area contributed by atoms with Crippen LogP contribution in [0.2, 0.25) is 0 Å². The highest BCUT2D eigenvalue weighted by Crippen LogP contribution is 2.14. The number of rotatable bonds is 8. The van der Waals surface area contributed by atoms with Crippen LogP contribution in [0.4, 0.5) is 10.1 Å². The first kappa shape index (κ1) is 19.6. The predicted molar refractivity (Wildman–Crippen MR) is 99.3 cm³/mol. The van der Waals surface area contributed by atoms with Gasteiger partial charge in [-0.05, 0) is 30.7 Å². The van der Waals surface area contributed by atoms with Gasteiger partial charge >= 0.3 is 0 Å². The van der Waals surface area contributed by atoms with Crippen LogP contribution in [0.3, 0.4) is 0 Å². The molecule has 2 aromatic carbocycles. The normalized spacial score (nSPS) is 12.9. The summed E-state index contributed by atoms with van der Waals surface area (Å²) in [5.74, 6) is -0.707. The highest BCUT2D eigenvalue weighted by Gasteiger charge is 2.30. The van der Waals surface area contributed by atoms with Crippen molar-refractivity contribution < 1.29 is 18.9 Å². The Labute approximate surface area is 153 Å². The standard InChI is InChI=1S/C20H24FN3O2/c1-3-13-22-18(25)14-24(2)19(15-7-5-4-6-8-15)20(26)23-17-11-9-16(21)10-12-17/h4-12,19H,3,13-14H2,1-2H3,(H,22,25)(H,23,26)/p+1/t19-/m1/s1. The van der Waals surface area contributed by atoms with Crippen molar-refractivity contribution in [1.82, 2.24) is 5.32 Å². The Balaban J connectivity index is 2.16. The Morgan fingerprint density at radius 2 is 1.73 bits per heavy atom. The van der Waals surface area contributed by atoms with Crippen molar-refractivity contribution in [3.8, 4) is 0 Å². The van der Waals surface area contributed by atoms with Gasteiger partial charge in [0.1, 0.15) is 5.82 Å². The first-order valence-electron chi connectivity index (χ1n) is 8.71. The SMILES string of the molecule is CCCNC(=O)C[NH+](C)[C@@H](C(=O)Nc1ccc(F)cc1)c1ccccc1.